The molecule has 3 aliphatic rings. The summed E-state index contributed by atoms with van der Waals surface area (Å²) in [4.78, 5) is 16.8. The fraction of sp³-hybridized carbons (Fsp3) is 0.938. The fourth-order valence-electron chi connectivity index (χ4n) is 4.35. The predicted octanol–water partition coefficient (Wildman–Crippen LogP) is 1.60. The summed E-state index contributed by atoms with van der Waals surface area (Å²) in [6.45, 7) is 6.26. The highest BCUT2D eigenvalue weighted by molar-refractivity contribution is 5.76. The minimum absolute atomic E-state index is 0.281. The number of methoxy groups -OCH3 is 1. The van der Waals surface area contributed by atoms with E-state index in [0.717, 1.165) is 30.8 Å². The lowest BCUT2D eigenvalue weighted by molar-refractivity contribution is -0.131. The Bertz CT molecular complexity index is 327. The summed E-state index contributed by atoms with van der Waals surface area (Å²) in [5.41, 5.74) is 0. The number of likely N-dealkylation sites (tertiary alicyclic amines) is 2. The number of hydrogen-bond donors (Lipinski definition) is 0. The van der Waals surface area contributed by atoms with Crippen LogP contribution in [0.4, 0.5) is 0 Å². The van der Waals surface area contributed by atoms with Gasteiger partial charge in [-0.2, -0.15) is 0 Å². The normalized spacial score (nSPS) is 31.1. The number of fused-ring (bicyclic) bond motifs is 1. The second-order valence-corrected chi connectivity index (χ2v) is 6.93. The van der Waals surface area contributed by atoms with E-state index in [1.165, 1.54) is 45.3 Å². The molecule has 4 nitrogen and oxygen atoms in total. The molecule has 1 amide bonds. The van der Waals surface area contributed by atoms with Gasteiger partial charge in [0.05, 0.1) is 13.0 Å². The molecule has 3 fully saturated rings. The molecule has 2 saturated heterocycles. The Balaban J connectivity index is 1.43. The maximum atomic E-state index is 12.0. The van der Waals surface area contributed by atoms with E-state index >= 15 is 0 Å². The molecule has 0 bridgehead atoms. The Hall–Kier alpha value is -0.610. The van der Waals surface area contributed by atoms with Crippen molar-refractivity contribution in [2.45, 2.75) is 32.1 Å². The lowest BCUT2D eigenvalue weighted by Gasteiger charge is -2.23. The van der Waals surface area contributed by atoms with Crippen LogP contribution in [0.2, 0.25) is 0 Å². The number of hydrogen-bond acceptors (Lipinski definition) is 3. The van der Waals surface area contributed by atoms with Crippen molar-refractivity contribution in [1.82, 2.24) is 9.80 Å². The van der Waals surface area contributed by atoms with Gasteiger partial charge in [-0.1, -0.05) is 12.8 Å². The van der Waals surface area contributed by atoms with Crippen LogP contribution in [0.5, 0.6) is 0 Å². The first kappa shape index (κ1) is 14.3. The summed E-state index contributed by atoms with van der Waals surface area (Å²) in [6, 6.07) is 0. The molecular formula is C16H28N2O2. The van der Waals surface area contributed by atoms with Crippen LogP contribution in [0.15, 0.2) is 0 Å². The fourth-order valence-corrected chi connectivity index (χ4v) is 4.35. The van der Waals surface area contributed by atoms with Gasteiger partial charge >= 0.3 is 0 Å². The Morgan fingerprint density at radius 3 is 2.35 bits per heavy atom. The van der Waals surface area contributed by atoms with E-state index in [1.807, 2.05) is 0 Å². The van der Waals surface area contributed by atoms with Crippen molar-refractivity contribution < 1.29 is 9.53 Å². The SMILES string of the molecule is COCCC(=O)N1CC2CN(CC3CCCC3)CC2C1. The van der Waals surface area contributed by atoms with Crippen molar-refractivity contribution in [3.05, 3.63) is 0 Å². The van der Waals surface area contributed by atoms with Crippen LogP contribution in [0, 0.1) is 17.8 Å². The summed E-state index contributed by atoms with van der Waals surface area (Å²) >= 11 is 0. The lowest BCUT2D eigenvalue weighted by atomic mass is 10.0. The molecule has 20 heavy (non-hydrogen) atoms. The number of carbonyl (C=O) groups excluding carboxylic acids is 1. The molecule has 114 valence electrons. The van der Waals surface area contributed by atoms with Gasteiger partial charge in [-0.15, -0.1) is 0 Å². The number of carbonyl (C=O) groups is 1. The zero-order valence-corrected chi connectivity index (χ0v) is 12.7. The molecule has 2 aliphatic heterocycles. The van der Waals surface area contributed by atoms with Crippen molar-refractivity contribution >= 4 is 5.91 Å². The van der Waals surface area contributed by atoms with Crippen LogP contribution in [0.3, 0.4) is 0 Å². The van der Waals surface area contributed by atoms with E-state index in [9.17, 15) is 4.79 Å². The molecule has 1 aliphatic carbocycles. The van der Waals surface area contributed by atoms with Crippen LogP contribution in [0.1, 0.15) is 32.1 Å². The highest BCUT2D eigenvalue weighted by Crippen LogP contribution is 2.33. The molecule has 0 spiro atoms. The van der Waals surface area contributed by atoms with Crippen molar-refractivity contribution in [3.63, 3.8) is 0 Å². The smallest absolute Gasteiger partial charge is 0.224 e. The Kier molecular flexibility index (Phi) is 4.61. The number of ether oxygens (including phenoxy) is 1. The lowest BCUT2D eigenvalue weighted by Crippen LogP contribution is -2.35. The van der Waals surface area contributed by atoms with Crippen molar-refractivity contribution in [2.75, 3.05) is 46.4 Å². The first-order valence-electron chi connectivity index (χ1n) is 8.25. The van der Waals surface area contributed by atoms with E-state index < -0.39 is 0 Å². The maximum absolute atomic E-state index is 12.0. The van der Waals surface area contributed by atoms with Crippen LogP contribution in [-0.2, 0) is 9.53 Å². The molecule has 0 aromatic rings. The number of rotatable bonds is 5. The monoisotopic (exact) mass is 280 g/mol. The van der Waals surface area contributed by atoms with E-state index in [2.05, 4.69) is 9.80 Å². The maximum Gasteiger partial charge on any atom is 0.224 e. The van der Waals surface area contributed by atoms with E-state index in [4.69, 9.17) is 4.74 Å². The van der Waals surface area contributed by atoms with Crippen molar-refractivity contribution in [3.8, 4) is 0 Å². The first-order chi connectivity index (χ1) is 9.76. The van der Waals surface area contributed by atoms with Gasteiger partial charge in [0.1, 0.15) is 0 Å². The molecule has 0 N–H and O–H groups in total. The highest BCUT2D eigenvalue weighted by Gasteiger charge is 2.41. The molecule has 1 saturated carbocycles. The van der Waals surface area contributed by atoms with Gasteiger partial charge in [0.2, 0.25) is 5.91 Å². The summed E-state index contributed by atoms with van der Waals surface area (Å²) in [7, 11) is 1.66. The van der Waals surface area contributed by atoms with Gasteiger partial charge in [0, 0.05) is 39.8 Å². The number of amides is 1. The van der Waals surface area contributed by atoms with Crippen LogP contribution in [0.25, 0.3) is 0 Å². The van der Waals surface area contributed by atoms with Crippen molar-refractivity contribution in [2.24, 2.45) is 17.8 Å². The minimum atomic E-state index is 0.281. The minimum Gasteiger partial charge on any atom is -0.384 e. The molecule has 2 heterocycles. The van der Waals surface area contributed by atoms with Crippen molar-refractivity contribution in [1.29, 1.82) is 0 Å². The molecule has 0 radical (unpaired) electrons. The molecule has 4 heteroatoms. The summed E-state index contributed by atoms with van der Waals surface area (Å²) < 4.78 is 5.00. The topological polar surface area (TPSA) is 32.8 Å². The van der Waals surface area contributed by atoms with Gasteiger partial charge < -0.3 is 14.5 Å². The molecular weight excluding hydrogens is 252 g/mol. The summed E-state index contributed by atoms with van der Waals surface area (Å²) in [5, 5.41) is 0. The second kappa shape index (κ2) is 6.44. The van der Waals surface area contributed by atoms with Gasteiger partial charge in [0.25, 0.3) is 0 Å². The zero-order valence-electron chi connectivity index (χ0n) is 12.7. The van der Waals surface area contributed by atoms with Crippen LogP contribution in [-0.4, -0.2) is 62.1 Å². The largest absolute Gasteiger partial charge is 0.384 e. The molecule has 0 aromatic heterocycles. The number of nitrogens with zero attached hydrogens (tertiary/aromatic N) is 2. The third kappa shape index (κ3) is 3.17. The Morgan fingerprint density at radius 1 is 1.10 bits per heavy atom. The highest BCUT2D eigenvalue weighted by atomic mass is 16.5. The molecule has 3 rings (SSSR count). The van der Waals surface area contributed by atoms with E-state index in [1.54, 1.807) is 7.11 Å². The zero-order chi connectivity index (χ0) is 13.9. The Labute approximate surface area is 122 Å². The van der Waals surface area contributed by atoms with E-state index in [0.29, 0.717) is 13.0 Å². The third-order valence-electron chi connectivity index (χ3n) is 5.43. The average molecular weight is 280 g/mol. The summed E-state index contributed by atoms with van der Waals surface area (Å²) in [5.74, 6) is 2.68. The van der Waals surface area contributed by atoms with Crippen LogP contribution >= 0.6 is 0 Å². The average Bonchev–Trinajstić information content (AvgIpc) is 3.11. The van der Waals surface area contributed by atoms with E-state index in [-0.39, 0.29) is 5.91 Å². The summed E-state index contributed by atoms with van der Waals surface area (Å²) in [6.07, 6.45) is 6.29. The van der Waals surface area contributed by atoms with Gasteiger partial charge in [-0.3, -0.25) is 4.79 Å². The molecule has 2 atom stereocenters. The third-order valence-corrected chi connectivity index (χ3v) is 5.43. The standard InChI is InChI=1S/C16H28N2O2/c1-20-7-6-16(19)18-11-14-9-17(10-15(14)12-18)8-13-4-2-3-5-13/h13-15H,2-12H2,1H3. The van der Waals surface area contributed by atoms with Gasteiger partial charge in [0.15, 0.2) is 0 Å². The quantitative estimate of drug-likeness (QED) is 0.767. The van der Waals surface area contributed by atoms with Gasteiger partial charge in [-0.25, -0.2) is 0 Å². The van der Waals surface area contributed by atoms with Crippen LogP contribution < -0.4 is 0 Å². The van der Waals surface area contributed by atoms with Gasteiger partial charge in [-0.05, 0) is 30.6 Å². The predicted molar refractivity (Wildman–Crippen MR) is 78.5 cm³/mol. The first-order valence-corrected chi connectivity index (χ1v) is 8.25. The Morgan fingerprint density at radius 2 is 1.75 bits per heavy atom. The molecule has 2 unspecified atom stereocenters. The molecule has 0 aromatic carbocycles. The second-order valence-electron chi connectivity index (χ2n) is 6.93.